The molecule has 0 unspecified atom stereocenters. The number of halogens is 3. The van der Waals surface area contributed by atoms with Crippen LogP contribution in [-0.4, -0.2) is 15.0 Å². The predicted octanol–water partition coefficient (Wildman–Crippen LogP) is 4.31. The van der Waals surface area contributed by atoms with Gasteiger partial charge in [-0.2, -0.15) is 0 Å². The molecule has 0 bridgehead atoms. The van der Waals surface area contributed by atoms with Crippen LogP contribution in [0.1, 0.15) is 11.1 Å². The molecule has 7 heteroatoms. The van der Waals surface area contributed by atoms with Crippen molar-refractivity contribution in [3.8, 4) is 0 Å². The Morgan fingerprint density at radius 3 is 2.18 bits per heavy atom. The van der Waals surface area contributed by atoms with Crippen molar-refractivity contribution in [3.63, 3.8) is 0 Å². The van der Waals surface area contributed by atoms with Gasteiger partial charge in [-0.15, -0.1) is 0 Å². The van der Waals surface area contributed by atoms with Crippen LogP contribution in [-0.2, 0) is 22.2 Å². The molecule has 1 N–H and O–H groups in total. The first-order chi connectivity index (χ1) is 10.4. The van der Waals surface area contributed by atoms with Gasteiger partial charge in [0.1, 0.15) is 0 Å². The molecule has 0 fully saturated rings. The number of rotatable bonds is 6. The van der Waals surface area contributed by atoms with E-state index in [4.69, 9.17) is 34.8 Å². The summed E-state index contributed by atoms with van der Waals surface area (Å²) in [5, 5.41) is 1.47. The van der Waals surface area contributed by atoms with E-state index in [9.17, 15) is 8.42 Å². The van der Waals surface area contributed by atoms with Crippen molar-refractivity contribution in [2.24, 2.45) is 0 Å². The Labute approximate surface area is 145 Å². The second-order valence-corrected chi connectivity index (χ2v) is 7.85. The van der Waals surface area contributed by atoms with Crippen LogP contribution >= 0.6 is 34.8 Å². The maximum absolute atomic E-state index is 12.1. The Hall–Kier alpha value is -0.780. The summed E-state index contributed by atoms with van der Waals surface area (Å²) in [5.41, 5.74) is 1.53. The van der Waals surface area contributed by atoms with Crippen molar-refractivity contribution >= 4 is 44.8 Å². The molecule has 0 spiro atoms. The van der Waals surface area contributed by atoms with E-state index >= 15 is 0 Å². The Balaban J connectivity index is 1.92. The molecule has 2 aromatic carbocycles. The zero-order valence-corrected chi connectivity index (χ0v) is 14.6. The zero-order valence-electron chi connectivity index (χ0n) is 11.5. The minimum absolute atomic E-state index is 0.177. The molecule has 0 saturated heterocycles. The number of nitrogens with one attached hydrogen (secondary N) is 1. The highest BCUT2D eigenvalue weighted by Crippen LogP contribution is 2.22. The van der Waals surface area contributed by atoms with Crippen LogP contribution in [0.15, 0.2) is 42.5 Å². The Bertz CT molecular complexity index is 746. The molecular formula is C15H14Cl3NO2S. The van der Waals surface area contributed by atoms with Crippen LogP contribution in [0.2, 0.25) is 15.1 Å². The van der Waals surface area contributed by atoms with Crippen LogP contribution < -0.4 is 4.72 Å². The van der Waals surface area contributed by atoms with Gasteiger partial charge < -0.3 is 0 Å². The lowest BCUT2D eigenvalue weighted by Crippen LogP contribution is -2.27. The normalized spacial score (nSPS) is 11.6. The van der Waals surface area contributed by atoms with Gasteiger partial charge in [0.25, 0.3) is 0 Å². The fraction of sp³-hybridized carbons (Fsp3) is 0.200. The van der Waals surface area contributed by atoms with Crippen molar-refractivity contribution in [2.45, 2.75) is 12.2 Å². The van der Waals surface area contributed by atoms with Crippen LogP contribution in [0, 0.1) is 0 Å². The minimum Gasteiger partial charge on any atom is -0.215 e. The molecular weight excluding hydrogens is 365 g/mol. The summed E-state index contributed by atoms with van der Waals surface area (Å²) in [6.45, 7) is 0.315. The van der Waals surface area contributed by atoms with Crippen LogP contribution in [0.5, 0.6) is 0 Å². The summed E-state index contributed by atoms with van der Waals surface area (Å²) in [4.78, 5) is 0. The minimum atomic E-state index is -3.45. The van der Waals surface area contributed by atoms with Gasteiger partial charge in [-0.25, -0.2) is 13.1 Å². The molecule has 2 rings (SSSR count). The van der Waals surface area contributed by atoms with E-state index in [2.05, 4.69) is 4.72 Å². The van der Waals surface area contributed by atoms with E-state index in [1.54, 1.807) is 24.3 Å². The maximum atomic E-state index is 12.1. The number of hydrogen-bond acceptors (Lipinski definition) is 2. The molecule has 0 aliphatic heterocycles. The summed E-state index contributed by atoms with van der Waals surface area (Å²) in [6, 6.07) is 12.0. The lowest BCUT2D eigenvalue weighted by molar-refractivity contribution is 0.581. The summed E-state index contributed by atoms with van der Waals surface area (Å²) < 4.78 is 26.7. The average molecular weight is 379 g/mol. The highest BCUT2D eigenvalue weighted by atomic mass is 35.5. The Kier molecular flexibility index (Phi) is 6.12. The van der Waals surface area contributed by atoms with Gasteiger partial charge in [0.05, 0.1) is 5.75 Å². The molecule has 0 radical (unpaired) electrons. The molecule has 0 amide bonds. The third-order valence-corrected chi connectivity index (χ3v) is 5.18. The molecule has 0 aromatic heterocycles. The molecule has 0 aliphatic carbocycles. The van der Waals surface area contributed by atoms with E-state index in [-0.39, 0.29) is 5.75 Å². The van der Waals surface area contributed by atoms with Gasteiger partial charge in [-0.1, -0.05) is 53.0 Å². The average Bonchev–Trinajstić information content (AvgIpc) is 2.44. The molecule has 22 heavy (non-hydrogen) atoms. The fourth-order valence-corrected chi connectivity index (χ4v) is 3.75. The van der Waals surface area contributed by atoms with Crippen molar-refractivity contribution in [1.29, 1.82) is 0 Å². The smallest absolute Gasteiger partial charge is 0.215 e. The Morgan fingerprint density at radius 2 is 1.55 bits per heavy atom. The molecule has 0 heterocycles. The van der Waals surface area contributed by atoms with Gasteiger partial charge in [0.2, 0.25) is 10.0 Å². The number of hydrogen-bond donors (Lipinski definition) is 1. The van der Waals surface area contributed by atoms with Crippen LogP contribution in [0.3, 0.4) is 0 Å². The summed E-state index contributed by atoms with van der Waals surface area (Å²) >= 11 is 17.6. The molecule has 3 nitrogen and oxygen atoms in total. The molecule has 0 atom stereocenters. The summed E-state index contributed by atoms with van der Waals surface area (Å²) in [7, 11) is -3.45. The first kappa shape index (κ1) is 17.6. The first-order valence-corrected chi connectivity index (χ1v) is 9.30. The molecule has 0 saturated carbocycles. The number of benzene rings is 2. The molecule has 0 aliphatic rings. The maximum Gasteiger partial charge on any atom is 0.215 e. The van der Waals surface area contributed by atoms with E-state index in [1.807, 2.05) is 12.1 Å². The topological polar surface area (TPSA) is 46.2 Å². The lowest BCUT2D eigenvalue weighted by atomic mass is 10.2. The summed E-state index contributed by atoms with van der Waals surface area (Å²) in [5.74, 6) is -0.177. The third kappa shape index (κ3) is 5.45. The second kappa shape index (κ2) is 7.66. The van der Waals surface area contributed by atoms with Gasteiger partial charge in [-0.3, -0.25) is 0 Å². The summed E-state index contributed by atoms with van der Waals surface area (Å²) in [6.07, 6.45) is 0.588. The fourth-order valence-electron chi connectivity index (χ4n) is 1.90. The second-order valence-electron chi connectivity index (χ2n) is 4.77. The molecule has 118 valence electrons. The van der Waals surface area contributed by atoms with Crippen molar-refractivity contribution < 1.29 is 8.42 Å². The van der Waals surface area contributed by atoms with Crippen LogP contribution in [0.4, 0.5) is 0 Å². The van der Waals surface area contributed by atoms with Crippen molar-refractivity contribution in [2.75, 3.05) is 6.54 Å². The van der Waals surface area contributed by atoms with E-state index in [1.165, 1.54) is 6.07 Å². The van der Waals surface area contributed by atoms with Crippen molar-refractivity contribution in [3.05, 3.63) is 68.7 Å². The highest BCUT2D eigenvalue weighted by molar-refractivity contribution is 7.88. The highest BCUT2D eigenvalue weighted by Gasteiger charge is 2.13. The predicted molar refractivity (Wildman–Crippen MR) is 92.2 cm³/mol. The van der Waals surface area contributed by atoms with Gasteiger partial charge in [-0.05, 0) is 41.8 Å². The zero-order chi connectivity index (χ0) is 16.2. The van der Waals surface area contributed by atoms with Gasteiger partial charge >= 0.3 is 0 Å². The van der Waals surface area contributed by atoms with E-state index in [0.717, 1.165) is 5.56 Å². The van der Waals surface area contributed by atoms with Gasteiger partial charge in [0.15, 0.2) is 0 Å². The largest absolute Gasteiger partial charge is 0.215 e. The lowest BCUT2D eigenvalue weighted by Gasteiger charge is -2.08. The third-order valence-electron chi connectivity index (χ3n) is 3.01. The standard InChI is InChI=1S/C15H14Cl3NO2S/c16-13-4-1-11(2-5-13)7-8-19-22(20,21)10-12-3-6-14(17)9-15(12)18/h1-6,9,19H,7-8,10H2. The number of sulfonamides is 1. The quantitative estimate of drug-likeness (QED) is 0.814. The van der Waals surface area contributed by atoms with Crippen molar-refractivity contribution in [1.82, 2.24) is 4.72 Å². The Morgan fingerprint density at radius 1 is 0.909 bits per heavy atom. The molecule has 2 aromatic rings. The van der Waals surface area contributed by atoms with E-state index < -0.39 is 10.0 Å². The van der Waals surface area contributed by atoms with E-state index in [0.29, 0.717) is 33.6 Å². The van der Waals surface area contributed by atoms with Crippen LogP contribution in [0.25, 0.3) is 0 Å². The SMILES string of the molecule is O=S(=O)(Cc1ccc(Cl)cc1Cl)NCCc1ccc(Cl)cc1. The monoisotopic (exact) mass is 377 g/mol. The van der Waals surface area contributed by atoms with Gasteiger partial charge in [0, 0.05) is 21.6 Å². The first-order valence-electron chi connectivity index (χ1n) is 6.51.